The Labute approximate surface area is 91.7 Å². The number of amides is 1. The normalized spacial score (nSPS) is 19.9. The van der Waals surface area contributed by atoms with Gasteiger partial charge in [-0.25, -0.2) is 4.98 Å². The fraction of sp³-hybridized carbons (Fsp3) is 0.500. The van der Waals surface area contributed by atoms with Gasteiger partial charge in [0, 0.05) is 13.3 Å². The first-order chi connectivity index (χ1) is 7.06. The van der Waals surface area contributed by atoms with Crippen LogP contribution in [0, 0.1) is 5.92 Å². The van der Waals surface area contributed by atoms with E-state index in [1.54, 1.807) is 0 Å². The second-order valence-electron chi connectivity index (χ2n) is 3.91. The second kappa shape index (κ2) is 3.73. The minimum absolute atomic E-state index is 0.151. The van der Waals surface area contributed by atoms with E-state index in [2.05, 4.69) is 10.3 Å². The third-order valence-corrected chi connectivity index (χ3v) is 3.36. The van der Waals surface area contributed by atoms with Gasteiger partial charge in [-0.3, -0.25) is 9.59 Å². The summed E-state index contributed by atoms with van der Waals surface area (Å²) in [5.74, 6) is 0.358. The van der Waals surface area contributed by atoms with Crippen LogP contribution in [0.2, 0.25) is 0 Å². The second-order valence-corrected chi connectivity index (χ2v) is 4.91. The largest absolute Gasteiger partial charge is 0.302 e. The predicted octanol–water partition coefficient (Wildman–Crippen LogP) is 1.87. The zero-order valence-electron chi connectivity index (χ0n) is 8.66. The quantitative estimate of drug-likeness (QED) is 0.792. The summed E-state index contributed by atoms with van der Waals surface area (Å²) in [7, 11) is 0. The number of carbonyl (C=O) groups excluding carboxylic acids is 2. The number of fused-ring (bicyclic) bond motifs is 1. The molecule has 1 aromatic rings. The van der Waals surface area contributed by atoms with Crippen LogP contribution in [-0.2, 0) is 11.2 Å². The fourth-order valence-corrected chi connectivity index (χ4v) is 2.71. The van der Waals surface area contributed by atoms with Crippen molar-refractivity contribution in [2.75, 3.05) is 5.32 Å². The average molecular weight is 224 g/mol. The summed E-state index contributed by atoms with van der Waals surface area (Å²) >= 11 is 1.28. The molecule has 2 rings (SSSR count). The van der Waals surface area contributed by atoms with Gasteiger partial charge in [0.05, 0.1) is 10.6 Å². The minimum Gasteiger partial charge on any atom is -0.302 e. The van der Waals surface area contributed by atoms with Gasteiger partial charge in [0.15, 0.2) is 10.9 Å². The monoisotopic (exact) mass is 224 g/mol. The van der Waals surface area contributed by atoms with Crippen molar-refractivity contribution in [3.8, 4) is 0 Å². The molecule has 4 nitrogen and oxygen atoms in total. The summed E-state index contributed by atoms with van der Waals surface area (Å²) in [6.07, 6.45) is 1.42. The van der Waals surface area contributed by atoms with E-state index < -0.39 is 0 Å². The van der Waals surface area contributed by atoms with E-state index in [0.717, 1.165) is 17.0 Å². The number of hydrogen-bond donors (Lipinski definition) is 1. The Kier molecular flexibility index (Phi) is 2.56. The van der Waals surface area contributed by atoms with E-state index in [1.165, 1.54) is 18.3 Å². The van der Waals surface area contributed by atoms with Crippen LogP contribution in [0.15, 0.2) is 0 Å². The average Bonchev–Trinajstić information content (AvgIpc) is 2.45. The highest BCUT2D eigenvalue weighted by molar-refractivity contribution is 7.17. The molecule has 0 aliphatic heterocycles. The molecule has 0 unspecified atom stereocenters. The van der Waals surface area contributed by atoms with Gasteiger partial charge in [-0.15, -0.1) is 0 Å². The van der Waals surface area contributed by atoms with Crippen LogP contribution in [0.5, 0.6) is 0 Å². The summed E-state index contributed by atoms with van der Waals surface area (Å²) in [5.41, 5.74) is 0.840. The Balaban J connectivity index is 2.30. The highest BCUT2D eigenvalue weighted by atomic mass is 32.1. The third-order valence-electron chi connectivity index (χ3n) is 2.31. The highest BCUT2D eigenvalue weighted by Crippen LogP contribution is 2.31. The molecule has 0 saturated carbocycles. The molecule has 80 valence electrons. The van der Waals surface area contributed by atoms with Crippen molar-refractivity contribution in [2.45, 2.75) is 26.7 Å². The molecule has 0 radical (unpaired) electrons. The van der Waals surface area contributed by atoms with Crippen LogP contribution in [0.4, 0.5) is 5.13 Å². The number of thiazole rings is 1. The Bertz CT molecular complexity index is 425. The lowest BCUT2D eigenvalue weighted by Gasteiger charge is -2.14. The van der Waals surface area contributed by atoms with E-state index in [1.807, 2.05) is 6.92 Å². The molecule has 1 amide bonds. The predicted molar refractivity (Wildman–Crippen MR) is 58.2 cm³/mol. The fourth-order valence-electron chi connectivity index (χ4n) is 1.72. The number of Topliss-reactive ketones (excluding diaryl/α,β-unsaturated/α-hetero) is 1. The van der Waals surface area contributed by atoms with Gasteiger partial charge < -0.3 is 5.32 Å². The third kappa shape index (κ3) is 2.07. The smallest absolute Gasteiger partial charge is 0.223 e. The number of anilines is 1. The molecule has 1 N–H and O–H groups in total. The number of nitrogens with zero attached hydrogens (tertiary/aromatic N) is 1. The van der Waals surface area contributed by atoms with Crippen LogP contribution < -0.4 is 5.32 Å². The first kappa shape index (κ1) is 10.3. The van der Waals surface area contributed by atoms with Gasteiger partial charge in [-0.1, -0.05) is 18.3 Å². The van der Waals surface area contributed by atoms with Crippen LogP contribution in [-0.4, -0.2) is 16.7 Å². The highest BCUT2D eigenvalue weighted by Gasteiger charge is 2.26. The van der Waals surface area contributed by atoms with Crippen LogP contribution >= 0.6 is 11.3 Å². The van der Waals surface area contributed by atoms with E-state index >= 15 is 0 Å². The molecule has 1 heterocycles. The summed E-state index contributed by atoms with van der Waals surface area (Å²) in [6.45, 7) is 3.48. The molecule has 1 aliphatic carbocycles. The maximum absolute atomic E-state index is 11.7. The molecule has 0 aromatic carbocycles. The molecular weight excluding hydrogens is 212 g/mol. The Morgan fingerprint density at radius 2 is 2.27 bits per heavy atom. The van der Waals surface area contributed by atoms with E-state index in [-0.39, 0.29) is 11.7 Å². The SMILES string of the molecule is CC(=O)Nc1nc2c(s1)C(=O)C[C@@H](C)C2. The van der Waals surface area contributed by atoms with Gasteiger partial charge in [-0.2, -0.15) is 0 Å². The molecule has 0 fully saturated rings. The maximum Gasteiger partial charge on any atom is 0.223 e. The van der Waals surface area contributed by atoms with E-state index in [0.29, 0.717) is 17.5 Å². The molecule has 0 saturated heterocycles. The lowest BCUT2D eigenvalue weighted by Crippen LogP contribution is -2.16. The van der Waals surface area contributed by atoms with Crippen LogP contribution in [0.1, 0.15) is 35.6 Å². The Hall–Kier alpha value is -1.23. The summed E-state index contributed by atoms with van der Waals surface area (Å²) in [5, 5.41) is 3.15. The maximum atomic E-state index is 11.7. The van der Waals surface area contributed by atoms with Gasteiger partial charge >= 0.3 is 0 Å². The Morgan fingerprint density at radius 3 is 2.93 bits per heavy atom. The van der Waals surface area contributed by atoms with Crippen LogP contribution in [0.3, 0.4) is 0 Å². The number of rotatable bonds is 1. The number of carbonyl (C=O) groups is 2. The van der Waals surface area contributed by atoms with E-state index in [4.69, 9.17) is 0 Å². The van der Waals surface area contributed by atoms with Gasteiger partial charge in [-0.05, 0) is 12.3 Å². The Morgan fingerprint density at radius 1 is 1.53 bits per heavy atom. The number of ketones is 1. The number of hydrogen-bond acceptors (Lipinski definition) is 4. The zero-order valence-corrected chi connectivity index (χ0v) is 9.48. The summed E-state index contributed by atoms with van der Waals surface area (Å²) in [4.78, 5) is 27.5. The van der Waals surface area contributed by atoms with Crippen molar-refractivity contribution >= 4 is 28.2 Å². The number of aromatic nitrogens is 1. The van der Waals surface area contributed by atoms with Gasteiger partial charge in [0.2, 0.25) is 5.91 Å². The van der Waals surface area contributed by atoms with Crippen LogP contribution in [0.25, 0.3) is 0 Å². The molecule has 1 aromatic heterocycles. The van der Waals surface area contributed by atoms with Crippen molar-refractivity contribution in [1.29, 1.82) is 0 Å². The first-order valence-corrected chi connectivity index (χ1v) is 5.68. The molecule has 15 heavy (non-hydrogen) atoms. The molecule has 0 spiro atoms. The van der Waals surface area contributed by atoms with Crippen molar-refractivity contribution in [3.63, 3.8) is 0 Å². The lowest BCUT2D eigenvalue weighted by atomic mass is 9.92. The van der Waals surface area contributed by atoms with Crippen molar-refractivity contribution in [3.05, 3.63) is 10.6 Å². The van der Waals surface area contributed by atoms with Crippen molar-refractivity contribution in [2.24, 2.45) is 5.92 Å². The van der Waals surface area contributed by atoms with Crippen molar-refractivity contribution < 1.29 is 9.59 Å². The minimum atomic E-state index is -0.151. The van der Waals surface area contributed by atoms with E-state index in [9.17, 15) is 9.59 Å². The standard InChI is InChI=1S/C10H12N2O2S/c1-5-3-7-9(8(14)4-5)15-10(12-7)11-6(2)13/h5H,3-4H2,1-2H3,(H,11,12,13)/t5-/m0/s1. The molecule has 5 heteroatoms. The zero-order chi connectivity index (χ0) is 11.0. The topological polar surface area (TPSA) is 59.1 Å². The first-order valence-electron chi connectivity index (χ1n) is 4.86. The summed E-state index contributed by atoms with van der Waals surface area (Å²) < 4.78 is 0. The van der Waals surface area contributed by atoms with Gasteiger partial charge in [0.25, 0.3) is 0 Å². The molecular formula is C10H12N2O2S. The molecule has 1 aliphatic rings. The number of nitrogens with one attached hydrogen (secondary N) is 1. The van der Waals surface area contributed by atoms with Gasteiger partial charge in [0.1, 0.15) is 0 Å². The lowest BCUT2D eigenvalue weighted by molar-refractivity contribution is -0.114. The molecule has 0 bridgehead atoms. The van der Waals surface area contributed by atoms with Crippen molar-refractivity contribution in [1.82, 2.24) is 4.98 Å². The summed E-state index contributed by atoms with van der Waals surface area (Å²) in [6, 6.07) is 0. The molecule has 1 atom stereocenters.